The molecule has 0 aliphatic carbocycles. The highest BCUT2D eigenvalue weighted by atomic mass is 32.2. The summed E-state index contributed by atoms with van der Waals surface area (Å²) in [5.74, 6) is 0.609. The first-order chi connectivity index (χ1) is 12.1. The molecule has 2 rings (SSSR count). The minimum atomic E-state index is -2.17. The van der Waals surface area contributed by atoms with Crippen LogP contribution in [0.4, 0.5) is 5.69 Å². The van der Waals surface area contributed by atoms with E-state index in [4.69, 9.17) is 14.7 Å². The number of benzene rings is 2. The SMILES string of the molecule is COCOc1ccc(N(C/C=C/c2cccc(C#N)c2)S(=O)O)cc1. The molecule has 1 N–H and O–H groups in total. The first-order valence-corrected chi connectivity index (χ1v) is 8.47. The quantitative estimate of drug-likeness (QED) is 0.579. The van der Waals surface area contributed by atoms with Crippen LogP contribution in [0.15, 0.2) is 54.6 Å². The third kappa shape index (κ3) is 5.72. The van der Waals surface area contributed by atoms with E-state index < -0.39 is 11.3 Å². The molecule has 0 bridgehead atoms. The second-order valence-electron chi connectivity index (χ2n) is 4.98. The van der Waals surface area contributed by atoms with Crippen LogP contribution in [0.1, 0.15) is 11.1 Å². The molecule has 0 aliphatic rings. The molecule has 0 radical (unpaired) electrons. The lowest BCUT2D eigenvalue weighted by Gasteiger charge is -2.18. The van der Waals surface area contributed by atoms with E-state index in [1.807, 2.05) is 6.07 Å². The zero-order chi connectivity index (χ0) is 18.1. The van der Waals surface area contributed by atoms with Crippen molar-refractivity contribution in [2.24, 2.45) is 0 Å². The van der Waals surface area contributed by atoms with Crippen molar-refractivity contribution in [1.82, 2.24) is 0 Å². The summed E-state index contributed by atoms with van der Waals surface area (Å²) in [5.41, 5.74) is 2.00. The van der Waals surface area contributed by atoms with Gasteiger partial charge in [-0.15, -0.1) is 0 Å². The summed E-state index contributed by atoms with van der Waals surface area (Å²) in [5, 5.41) is 8.90. The standard InChI is InChI=1S/C18H18N2O4S/c1-23-14-24-18-9-7-17(8-10-18)20(25(21)22)11-3-6-15-4-2-5-16(12-15)13-19/h2-10,12H,11,14H2,1H3,(H,21,22)/b6-3+. The van der Waals surface area contributed by atoms with Crippen molar-refractivity contribution >= 4 is 23.0 Å². The normalized spacial score (nSPS) is 11.9. The van der Waals surface area contributed by atoms with Gasteiger partial charge in [0.25, 0.3) is 11.3 Å². The van der Waals surface area contributed by atoms with Gasteiger partial charge in [0, 0.05) is 7.11 Å². The van der Waals surface area contributed by atoms with Crippen molar-refractivity contribution in [3.05, 3.63) is 65.7 Å². The topological polar surface area (TPSA) is 82.8 Å². The lowest BCUT2D eigenvalue weighted by Crippen LogP contribution is -2.25. The monoisotopic (exact) mass is 358 g/mol. The summed E-state index contributed by atoms with van der Waals surface area (Å²) < 4.78 is 32.6. The van der Waals surface area contributed by atoms with Gasteiger partial charge < -0.3 is 9.47 Å². The van der Waals surface area contributed by atoms with Crippen LogP contribution in [0.3, 0.4) is 0 Å². The van der Waals surface area contributed by atoms with Gasteiger partial charge in [0.15, 0.2) is 6.79 Å². The van der Waals surface area contributed by atoms with Gasteiger partial charge in [-0.25, -0.2) is 4.21 Å². The fraction of sp³-hybridized carbons (Fsp3) is 0.167. The summed E-state index contributed by atoms with van der Waals surface area (Å²) >= 11 is -2.17. The van der Waals surface area contributed by atoms with Crippen LogP contribution in [0, 0.1) is 11.3 Å². The van der Waals surface area contributed by atoms with Gasteiger partial charge in [0.2, 0.25) is 0 Å². The van der Waals surface area contributed by atoms with Crippen LogP contribution in [0.5, 0.6) is 5.75 Å². The average molecular weight is 358 g/mol. The molecular weight excluding hydrogens is 340 g/mol. The zero-order valence-electron chi connectivity index (χ0n) is 13.7. The molecule has 0 saturated carbocycles. The number of rotatable bonds is 8. The Morgan fingerprint density at radius 1 is 1.28 bits per heavy atom. The molecule has 130 valence electrons. The van der Waals surface area contributed by atoms with Crippen LogP contribution in [-0.4, -0.2) is 29.2 Å². The lowest BCUT2D eigenvalue weighted by molar-refractivity contribution is 0.0511. The van der Waals surface area contributed by atoms with E-state index in [2.05, 4.69) is 6.07 Å². The van der Waals surface area contributed by atoms with E-state index in [0.717, 1.165) is 5.56 Å². The molecule has 0 amide bonds. The molecule has 0 fully saturated rings. The van der Waals surface area contributed by atoms with E-state index in [1.165, 1.54) is 11.4 Å². The second-order valence-corrected chi connectivity index (χ2v) is 5.88. The zero-order valence-corrected chi connectivity index (χ0v) is 14.5. The Hall–Kier alpha value is -2.66. The van der Waals surface area contributed by atoms with Crippen LogP contribution in [-0.2, 0) is 16.0 Å². The van der Waals surface area contributed by atoms with E-state index in [-0.39, 0.29) is 13.3 Å². The highest BCUT2D eigenvalue weighted by Gasteiger charge is 2.10. The Labute approximate surface area is 149 Å². The van der Waals surface area contributed by atoms with Gasteiger partial charge in [0.05, 0.1) is 23.9 Å². The Bertz CT molecular complexity index is 784. The molecule has 0 spiro atoms. The molecule has 2 aromatic carbocycles. The van der Waals surface area contributed by atoms with Crippen molar-refractivity contribution < 1.29 is 18.2 Å². The van der Waals surface area contributed by atoms with Crippen molar-refractivity contribution in [1.29, 1.82) is 5.26 Å². The van der Waals surface area contributed by atoms with Crippen LogP contribution >= 0.6 is 0 Å². The highest BCUT2D eigenvalue weighted by molar-refractivity contribution is 7.80. The third-order valence-corrected chi connectivity index (χ3v) is 3.99. The Balaban J connectivity index is 2.06. The lowest BCUT2D eigenvalue weighted by atomic mass is 10.1. The minimum Gasteiger partial charge on any atom is -0.468 e. The molecule has 2 aromatic rings. The van der Waals surface area contributed by atoms with Gasteiger partial charge in [0.1, 0.15) is 5.75 Å². The Morgan fingerprint density at radius 2 is 2.04 bits per heavy atom. The first-order valence-electron chi connectivity index (χ1n) is 7.41. The van der Waals surface area contributed by atoms with E-state index in [0.29, 0.717) is 17.0 Å². The summed E-state index contributed by atoms with van der Waals surface area (Å²) in [6, 6.07) is 16.0. The van der Waals surface area contributed by atoms with Gasteiger partial charge in [-0.1, -0.05) is 24.3 Å². The van der Waals surface area contributed by atoms with Crippen LogP contribution < -0.4 is 9.04 Å². The molecule has 0 aliphatic heterocycles. The fourth-order valence-electron chi connectivity index (χ4n) is 2.09. The summed E-state index contributed by atoms with van der Waals surface area (Å²) in [6.45, 7) is 0.373. The molecule has 6 nitrogen and oxygen atoms in total. The minimum absolute atomic E-state index is 0.138. The number of hydrogen-bond donors (Lipinski definition) is 1. The van der Waals surface area contributed by atoms with Gasteiger partial charge in [-0.05, 0) is 42.0 Å². The van der Waals surface area contributed by atoms with Gasteiger partial charge in [-0.2, -0.15) is 5.26 Å². The van der Waals surface area contributed by atoms with Crippen molar-refractivity contribution in [3.63, 3.8) is 0 Å². The van der Waals surface area contributed by atoms with Crippen molar-refractivity contribution in [2.45, 2.75) is 0 Å². The number of methoxy groups -OCH3 is 1. The molecule has 0 heterocycles. The molecule has 1 unspecified atom stereocenters. The maximum atomic E-state index is 11.6. The number of ether oxygens (including phenoxy) is 2. The molecule has 7 heteroatoms. The average Bonchev–Trinajstić information content (AvgIpc) is 2.64. The van der Waals surface area contributed by atoms with Gasteiger partial charge in [-0.3, -0.25) is 8.86 Å². The summed E-state index contributed by atoms with van der Waals surface area (Å²) in [7, 11) is 1.53. The van der Waals surface area contributed by atoms with Gasteiger partial charge >= 0.3 is 0 Å². The predicted octanol–water partition coefficient (Wildman–Crippen LogP) is 3.20. The summed E-state index contributed by atoms with van der Waals surface area (Å²) in [4.78, 5) is 0. The number of anilines is 1. The largest absolute Gasteiger partial charge is 0.468 e. The van der Waals surface area contributed by atoms with Crippen molar-refractivity contribution in [3.8, 4) is 11.8 Å². The second kappa shape index (κ2) is 9.59. The number of nitriles is 1. The van der Waals surface area contributed by atoms with Crippen molar-refractivity contribution in [2.75, 3.05) is 24.8 Å². The Kier molecular flexibility index (Phi) is 7.16. The van der Waals surface area contributed by atoms with Crippen LogP contribution in [0.25, 0.3) is 6.08 Å². The fourth-order valence-corrected chi connectivity index (χ4v) is 2.61. The highest BCUT2D eigenvalue weighted by Crippen LogP contribution is 2.20. The summed E-state index contributed by atoms with van der Waals surface area (Å²) in [6.07, 6.45) is 3.57. The molecular formula is C18H18N2O4S. The number of hydrogen-bond acceptors (Lipinski definition) is 4. The van der Waals surface area contributed by atoms with Crippen LogP contribution in [0.2, 0.25) is 0 Å². The maximum absolute atomic E-state index is 11.6. The van der Waals surface area contributed by atoms with E-state index in [1.54, 1.807) is 54.6 Å². The van der Waals surface area contributed by atoms with E-state index >= 15 is 0 Å². The smallest absolute Gasteiger partial charge is 0.262 e. The molecule has 1 atom stereocenters. The predicted molar refractivity (Wildman–Crippen MR) is 97.3 cm³/mol. The third-order valence-electron chi connectivity index (χ3n) is 3.25. The Morgan fingerprint density at radius 3 is 2.68 bits per heavy atom. The molecule has 25 heavy (non-hydrogen) atoms. The number of nitrogens with zero attached hydrogens (tertiary/aromatic N) is 2. The molecule has 0 saturated heterocycles. The first kappa shape index (κ1) is 18.7. The molecule has 0 aromatic heterocycles. The maximum Gasteiger partial charge on any atom is 0.262 e. The van der Waals surface area contributed by atoms with E-state index in [9.17, 15) is 8.76 Å².